The number of halogens is 3. The maximum atomic E-state index is 13.7. The van der Waals surface area contributed by atoms with E-state index in [9.17, 15) is 4.39 Å². The highest BCUT2D eigenvalue weighted by Crippen LogP contribution is 2.40. The number of rotatable bonds is 3. The summed E-state index contributed by atoms with van der Waals surface area (Å²) in [7, 11) is 0. The molecule has 0 saturated carbocycles. The predicted octanol–water partition coefficient (Wildman–Crippen LogP) is 5.13. The second-order valence-corrected chi connectivity index (χ2v) is 7.17. The van der Waals surface area contributed by atoms with Crippen molar-refractivity contribution < 1.29 is 9.13 Å². The number of nitrogens with two attached hydrogens (primary N) is 1. The summed E-state index contributed by atoms with van der Waals surface area (Å²) in [4.78, 5) is 7.70. The van der Waals surface area contributed by atoms with E-state index in [2.05, 4.69) is 16.0 Å². The first-order valence-corrected chi connectivity index (χ1v) is 9.22. The number of H-pyrrole nitrogens is 1. The number of fused-ring (bicyclic) bond motifs is 4. The molecule has 0 spiro atoms. The van der Waals surface area contributed by atoms with Gasteiger partial charge >= 0.3 is 0 Å². The molecule has 4 nitrogen and oxygen atoms in total. The number of hydrogen-bond donors (Lipinski definition) is 2. The van der Waals surface area contributed by atoms with Gasteiger partial charge in [0.15, 0.2) is 0 Å². The summed E-state index contributed by atoms with van der Waals surface area (Å²) in [6, 6.07) is 12.8. The molecule has 2 atom stereocenters. The molecule has 5 rings (SSSR count). The van der Waals surface area contributed by atoms with Gasteiger partial charge < -0.3 is 15.5 Å². The van der Waals surface area contributed by atoms with Crippen LogP contribution in [0.5, 0.6) is 5.75 Å². The van der Waals surface area contributed by atoms with E-state index in [1.807, 2.05) is 24.4 Å². The molecule has 29 heavy (non-hydrogen) atoms. The summed E-state index contributed by atoms with van der Waals surface area (Å²) >= 11 is 0. The first-order chi connectivity index (χ1) is 13.2. The zero-order chi connectivity index (χ0) is 18.4. The van der Waals surface area contributed by atoms with Crippen LogP contribution in [0.2, 0.25) is 0 Å². The molecule has 3 heterocycles. The lowest BCUT2D eigenvalue weighted by atomic mass is 9.83. The summed E-state index contributed by atoms with van der Waals surface area (Å²) < 4.78 is 19.6. The van der Waals surface area contributed by atoms with Crippen molar-refractivity contribution in [2.45, 2.75) is 24.8 Å². The number of pyridine rings is 1. The third-order valence-corrected chi connectivity index (χ3v) is 5.56. The molecule has 3 N–H and O–H groups in total. The van der Waals surface area contributed by atoms with Crippen molar-refractivity contribution in [1.82, 2.24) is 9.97 Å². The minimum atomic E-state index is -0.214. The van der Waals surface area contributed by atoms with Crippen LogP contribution < -0.4 is 10.5 Å². The summed E-state index contributed by atoms with van der Waals surface area (Å²) in [5, 5.41) is 2.04. The number of aromatic amines is 1. The highest BCUT2D eigenvalue weighted by molar-refractivity contribution is 5.86. The molecule has 7 heteroatoms. The highest BCUT2D eigenvalue weighted by atomic mass is 35.5. The quantitative estimate of drug-likeness (QED) is 0.470. The lowest BCUT2D eigenvalue weighted by molar-refractivity contribution is 0.236. The third-order valence-electron chi connectivity index (χ3n) is 5.56. The van der Waals surface area contributed by atoms with Gasteiger partial charge in [-0.2, -0.15) is 0 Å². The maximum Gasteiger partial charge on any atom is 0.123 e. The Balaban J connectivity index is 0.00000120. The van der Waals surface area contributed by atoms with E-state index in [4.69, 9.17) is 10.5 Å². The fourth-order valence-electron chi connectivity index (χ4n) is 4.21. The van der Waals surface area contributed by atoms with Gasteiger partial charge in [-0.25, -0.2) is 4.39 Å². The maximum absolute atomic E-state index is 13.7. The van der Waals surface area contributed by atoms with Gasteiger partial charge in [0.2, 0.25) is 0 Å². The number of nitrogens with zero attached hydrogens (tertiary/aromatic N) is 1. The molecular weight excluding hydrogens is 412 g/mol. The fraction of sp³-hybridized carbons (Fsp3) is 0.227. The van der Waals surface area contributed by atoms with Crippen LogP contribution in [-0.2, 0) is 6.42 Å². The van der Waals surface area contributed by atoms with Crippen molar-refractivity contribution in [3.05, 3.63) is 71.8 Å². The molecule has 1 aliphatic rings. The van der Waals surface area contributed by atoms with Gasteiger partial charge in [0.25, 0.3) is 0 Å². The van der Waals surface area contributed by atoms with Gasteiger partial charge in [-0.15, -0.1) is 24.8 Å². The minimum absolute atomic E-state index is 0. The van der Waals surface area contributed by atoms with E-state index in [1.165, 1.54) is 6.07 Å². The molecule has 2 unspecified atom stereocenters. The summed E-state index contributed by atoms with van der Waals surface area (Å²) in [5.41, 5.74) is 10.6. The van der Waals surface area contributed by atoms with Gasteiger partial charge in [-0.1, -0.05) is 6.07 Å². The summed E-state index contributed by atoms with van der Waals surface area (Å²) in [6.07, 6.45) is 5.46. The molecule has 2 aromatic carbocycles. The Morgan fingerprint density at radius 3 is 2.86 bits per heavy atom. The molecule has 152 valence electrons. The molecule has 0 saturated heterocycles. The molecule has 0 bridgehead atoms. The van der Waals surface area contributed by atoms with E-state index < -0.39 is 0 Å². The van der Waals surface area contributed by atoms with Crippen LogP contribution in [-0.4, -0.2) is 22.6 Å². The molecule has 0 fully saturated rings. The van der Waals surface area contributed by atoms with E-state index in [0.717, 1.165) is 51.5 Å². The van der Waals surface area contributed by atoms with E-state index in [-0.39, 0.29) is 42.6 Å². The summed E-state index contributed by atoms with van der Waals surface area (Å²) in [6.45, 7) is 0.506. The number of ether oxygens (including phenoxy) is 1. The van der Waals surface area contributed by atoms with Crippen molar-refractivity contribution in [3.8, 4) is 5.75 Å². The SMILES string of the molecule is Cl.Cl.NC1COc2ccc3ncccc3c2C1CCc1c[nH]c2ccc(F)cc12. The lowest BCUT2D eigenvalue weighted by Crippen LogP contribution is -2.38. The molecule has 0 radical (unpaired) electrons. The van der Waals surface area contributed by atoms with Crippen LogP contribution in [0.3, 0.4) is 0 Å². The lowest BCUT2D eigenvalue weighted by Gasteiger charge is -2.32. The van der Waals surface area contributed by atoms with Crippen LogP contribution in [0.4, 0.5) is 4.39 Å². The average Bonchev–Trinajstić information content (AvgIpc) is 3.09. The van der Waals surface area contributed by atoms with Crippen molar-refractivity contribution >= 4 is 46.6 Å². The van der Waals surface area contributed by atoms with Crippen LogP contribution in [0.25, 0.3) is 21.8 Å². The van der Waals surface area contributed by atoms with Crippen molar-refractivity contribution in [2.24, 2.45) is 5.73 Å². The molecular formula is C22H22Cl2FN3O. The van der Waals surface area contributed by atoms with Gasteiger partial charge in [0.1, 0.15) is 18.2 Å². The Labute approximate surface area is 180 Å². The monoisotopic (exact) mass is 433 g/mol. The molecule has 1 aliphatic heterocycles. The molecule has 0 aliphatic carbocycles. The van der Waals surface area contributed by atoms with Gasteiger partial charge in [0, 0.05) is 46.2 Å². The van der Waals surface area contributed by atoms with E-state index >= 15 is 0 Å². The second kappa shape index (κ2) is 8.57. The van der Waals surface area contributed by atoms with E-state index in [1.54, 1.807) is 18.3 Å². The first-order valence-electron chi connectivity index (χ1n) is 9.22. The highest BCUT2D eigenvalue weighted by Gasteiger charge is 2.30. The largest absolute Gasteiger partial charge is 0.492 e. The van der Waals surface area contributed by atoms with Crippen LogP contribution in [0.15, 0.2) is 54.9 Å². The molecule has 4 aromatic rings. The van der Waals surface area contributed by atoms with Gasteiger partial charge in [-0.05, 0) is 54.8 Å². The molecule has 2 aromatic heterocycles. The second-order valence-electron chi connectivity index (χ2n) is 7.17. The van der Waals surface area contributed by atoms with Crippen molar-refractivity contribution in [3.63, 3.8) is 0 Å². The third kappa shape index (κ3) is 3.78. The van der Waals surface area contributed by atoms with Crippen LogP contribution >= 0.6 is 24.8 Å². The van der Waals surface area contributed by atoms with Crippen LogP contribution in [0, 0.1) is 5.82 Å². The minimum Gasteiger partial charge on any atom is -0.492 e. The smallest absolute Gasteiger partial charge is 0.123 e. The van der Waals surface area contributed by atoms with Gasteiger partial charge in [-0.3, -0.25) is 4.98 Å². The number of nitrogens with one attached hydrogen (secondary N) is 1. The predicted molar refractivity (Wildman–Crippen MR) is 119 cm³/mol. The van der Waals surface area contributed by atoms with Crippen LogP contribution in [0.1, 0.15) is 23.5 Å². The normalized spacial score (nSPS) is 17.9. The first kappa shape index (κ1) is 21.4. The standard InChI is InChI=1S/C22H20FN3O.2ClH/c23-14-4-6-20-17(10-14)13(11-26-20)3-5-15-18(24)12-27-21-8-7-19-16(22(15)21)2-1-9-25-19;;/h1-2,4,6-11,15,18,26H,3,5,12,24H2;2*1H. The Bertz CT molecular complexity index is 1150. The van der Waals surface area contributed by atoms with E-state index in [0.29, 0.717) is 6.61 Å². The molecule has 0 amide bonds. The number of aromatic nitrogens is 2. The zero-order valence-corrected chi connectivity index (χ0v) is 17.2. The summed E-state index contributed by atoms with van der Waals surface area (Å²) in [5.74, 6) is 0.848. The van der Waals surface area contributed by atoms with Crippen molar-refractivity contribution in [1.29, 1.82) is 0 Å². The topological polar surface area (TPSA) is 63.9 Å². The Morgan fingerprint density at radius 2 is 2.00 bits per heavy atom. The Hall–Kier alpha value is -2.34. The zero-order valence-electron chi connectivity index (χ0n) is 15.6. The number of hydrogen-bond acceptors (Lipinski definition) is 3. The van der Waals surface area contributed by atoms with Crippen molar-refractivity contribution in [2.75, 3.05) is 6.61 Å². The number of aryl methyl sites for hydroxylation is 1. The average molecular weight is 434 g/mol. The Kier molecular flexibility index (Phi) is 6.32. The fourth-order valence-corrected chi connectivity index (χ4v) is 4.21. The Morgan fingerprint density at radius 1 is 1.14 bits per heavy atom. The number of benzene rings is 2. The van der Waals surface area contributed by atoms with Gasteiger partial charge in [0.05, 0.1) is 5.52 Å².